The number of carbonyl (C=O) groups is 1. The quantitative estimate of drug-likeness (QED) is 0.713. The van der Waals surface area contributed by atoms with Crippen LogP contribution >= 0.6 is 11.6 Å². The summed E-state index contributed by atoms with van der Waals surface area (Å²) in [5.74, 6) is 0.405. The number of carbonyl (C=O) groups excluding carboxylic acids is 1. The van der Waals surface area contributed by atoms with Gasteiger partial charge in [-0.25, -0.2) is 9.37 Å². The largest absolute Gasteiger partial charge is 0.484 e. The molecule has 2 N–H and O–H groups in total. The number of hydrogen-bond donors (Lipinski definition) is 2. The molecule has 24 heavy (non-hydrogen) atoms. The summed E-state index contributed by atoms with van der Waals surface area (Å²) >= 11 is 5.86. The fourth-order valence-corrected chi connectivity index (χ4v) is 2.10. The Kier molecular flexibility index (Phi) is 4.76. The van der Waals surface area contributed by atoms with Gasteiger partial charge in [-0.2, -0.15) is 0 Å². The fourth-order valence-electron chi connectivity index (χ4n) is 1.88. The lowest BCUT2D eigenvalue weighted by atomic mass is 10.3. The van der Waals surface area contributed by atoms with Crippen LogP contribution < -0.4 is 10.1 Å². The SMILES string of the molecule is O=C(NCc1ncc[nH]1)c1cc(COc2ccc(F)cc2Cl)on1. The Morgan fingerprint density at radius 3 is 3.04 bits per heavy atom. The third-order valence-electron chi connectivity index (χ3n) is 3.03. The van der Waals surface area contributed by atoms with Gasteiger partial charge in [0, 0.05) is 18.5 Å². The molecule has 2 heterocycles. The molecular formula is C15H12ClFN4O3. The minimum absolute atomic E-state index is 0.00379. The van der Waals surface area contributed by atoms with Crippen molar-refractivity contribution in [2.24, 2.45) is 0 Å². The zero-order valence-electron chi connectivity index (χ0n) is 12.3. The highest BCUT2D eigenvalue weighted by molar-refractivity contribution is 6.32. The van der Waals surface area contributed by atoms with Gasteiger partial charge in [-0.05, 0) is 18.2 Å². The van der Waals surface area contributed by atoms with Crippen LogP contribution in [0.25, 0.3) is 0 Å². The molecular weight excluding hydrogens is 339 g/mol. The van der Waals surface area contributed by atoms with Crippen molar-refractivity contribution in [3.63, 3.8) is 0 Å². The highest BCUT2D eigenvalue weighted by Crippen LogP contribution is 2.25. The van der Waals surface area contributed by atoms with Crippen LogP contribution in [0.3, 0.4) is 0 Å². The van der Waals surface area contributed by atoms with Crippen molar-refractivity contribution in [2.75, 3.05) is 0 Å². The summed E-state index contributed by atoms with van der Waals surface area (Å²) in [4.78, 5) is 18.8. The first kappa shape index (κ1) is 16.0. The average Bonchev–Trinajstić information content (AvgIpc) is 3.23. The summed E-state index contributed by atoms with van der Waals surface area (Å²) in [5.41, 5.74) is 0.116. The van der Waals surface area contributed by atoms with Crippen LogP contribution in [-0.4, -0.2) is 21.0 Å². The minimum Gasteiger partial charge on any atom is -0.484 e. The number of aromatic nitrogens is 3. The van der Waals surface area contributed by atoms with Gasteiger partial charge < -0.3 is 19.6 Å². The summed E-state index contributed by atoms with van der Waals surface area (Å²) in [6.45, 7) is 0.250. The number of ether oxygens (including phenoxy) is 1. The summed E-state index contributed by atoms with van der Waals surface area (Å²) in [6.07, 6.45) is 3.25. The number of rotatable bonds is 6. The lowest BCUT2D eigenvalue weighted by Gasteiger charge is -2.05. The summed E-state index contributed by atoms with van der Waals surface area (Å²) in [5, 5.41) is 6.46. The molecule has 0 aliphatic carbocycles. The molecule has 3 rings (SSSR count). The Morgan fingerprint density at radius 2 is 2.29 bits per heavy atom. The maximum absolute atomic E-state index is 13.0. The number of halogens is 2. The second-order valence-corrected chi connectivity index (χ2v) is 5.17. The molecule has 0 saturated carbocycles. The third kappa shape index (κ3) is 3.90. The van der Waals surface area contributed by atoms with Crippen molar-refractivity contribution in [1.29, 1.82) is 0 Å². The van der Waals surface area contributed by atoms with Crippen molar-refractivity contribution in [3.8, 4) is 5.75 Å². The molecule has 0 aliphatic heterocycles. The monoisotopic (exact) mass is 350 g/mol. The van der Waals surface area contributed by atoms with Crippen molar-refractivity contribution >= 4 is 17.5 Å². The predicted octanol–water partition coefficient (Wildman–Crippen LogP) is 2.70. The maximum Gasteiger partial charge on any atom is 0.273 e. The van der Waals surface area contributed by atoms with Gasteiger partial charge in [0.1, 0.15) is 24.0 Å². The highest BCUT2D eigenvalue weighted by atomic mass is 35.5. The Labute approximate surface area is 140 Å². The van der Waals surface area contributed by atoms with E-state index in [0.29, 0.717) is 17.3 Å². The smallest absolute Gasteiger partial charge is 0.273 e. The van der Waals surface area contributed by atoms with E-state index < -0.39 is 11.7 Å². The first-order valence-corrected chi connectivity index (χ1v) is 7.29. The second-order valence-electron chi connectivity index (χ2n) is 4.76. The van der Waals surface area contributed by atoms with E-state index in [4.69, 9.17) is 20.9 Å². The summed E-state index contributed by atoms with van der Waals surface area (Å²) in [7, 11) is 0. The topological polar surface area (TPSA) is 93.0 Å². The van der Waals surface area contributed by atoms with E-state index in [1.54, 1.807) is 12.4 Å². The maximum atomic E-state index is 13.0. The van der Waals surface area contributed by atoms with Crippen molar-refractivity contribution in [2.45, 2.75) is 13.2 Å². The lowest BCUT2D eigenvalue weighted by Crippen LogP contribution is -2.23. The molecule has 2 aromatic heterocycles. The Bertz CT molecular complexity index is 835. The zero-order chi connectivity index (χ0) is 16.9. The third-order valence-corrected chi connectivity index (χ3v) is 3.32. The van der Waals surface area contributed by atoms with Crippen molar-refractivity contribution in [3.05, 3.63) is 64.8 Å². The van der Waals surface area contributed by atoms with Gasteiger partial charge in [-0.1, -0.05) is 16.8 Å². The standard InChI is InChI=1S/C15H12ClFN4O3/c16-11-5-9(17)1-2-13(11)23-8-10-6-12(21-24-10)15(22)20-7-14-18-3-4-19-14/h1-6H,7-8H2,(H,18,19)(H,20,22). The molecule has 0 fully saturated rings. The van der Waals surface area contributed by atoms with Gasteiger partial charge in [0.15, 0.2) is 11.5 Å². The van der Waals surface area contributed by atoms with E-state index in [9.17, 15) is 9.18 Å². The van der Waals surface area contributed by atoms with Crippen LogP contribution in [0, 0.1) is 5.82 Å². The number of hydrogen-bond acceptors (Lipinski definition) is 5. The van der Waals surface area contributed by atoms with Gasteiger partial charge in [0.2, 0.25) is 0 Å². The molecule has 0 unspecified atom stereocenters. The number of benzene rings is 1. The normalized spacial score (nSPS) is 10.6. The molecule has 0 aliphatic rings. The molecule has 7 nitrogen and oxygen atoms in total. The number of amides is 1. The van der Waals surface area contributed by atoms with Gasteiger partial charge in [-0.15, -0.1) is 0 Å². The van der Waals surface area contributed by atoms with Crippen molar-refractivity contribution < 1.29 is 18.4 Å². The van der Waals surface area contributed by atoms with E-state index in [1.807, 2.05) is 0 Å². The first-order valence-electron chi connectivity index (χ1n) is 6.92. The van der Waals surface area contributed by atoms with Crippen LogP contribution in [0.1, 0.15) is 22.1 Å². The number of H-pyrrole nitrogens is 1. The van der Waals surface area contributed by atoms with Gasteiger partial charge in [-0.3, -0.25) is 4.79 Å². The van der Waals surface area contributed by atoms with E-state index >= 15 is 0 Å². The number of nitrogens with zero attached hydrogens (tertiary/aromatic N) is 2. The van der Waals surface area contributed by atoms with E-state index in [0.717, 1.165) is 6.07 Å². The summed E-state index contributed by atoms with van der Waals surface area (Å²) in [6, 6.07) is 5.24. The molecule has 1 aromatic carbocycles. The van der Waals surface area contributed by atoms with Gasteiger partial charge >= 0.3 is 0 Å². The molecule has 0 spiro atoms. The molecule has 0 radical (unpaired) electrons. The van der Waals surface area contributed by atoms with Gasteiger partial charge in [0.05, 0.1) is 11.6 Å². The van der Waals surface area contributed by atoms with Crippen molar-refractivity contribution in [1.82, 2.24) is 20.4 Å². The Balaban J connectivity index is 1.55. The Morgan fingerprint density at radius 1 is 1.42 bits per heavy atom. The Hall–Kier alpha value is -2.87. The molecule has 1 amide bonds. The number of imidazole rings is 1. The second kappa shape index (κ2) is 7.14. The molecule has 0 saturated heterocycles. The fraction of sp³-hybridized carbons (Fsp3) is 0.133. The predicted molar refractivity (Wildman–Crippen MR) is 82.0 cm³/mol. The average molecular weight is 351 g/mol. The van der Waals surface area contributed by atoms with Crippen LogP contribution in [-0.2, 0) is 13.2 Å². The van der Waals surface area contributed by atoms with E-state index in [1.165, 1.54) is 18.2 Å². The number of nitrogens with one attached hydrogen (secondary N) is 2. The van der Waals surface area contributed by atoms with Crippen LogP contribution in [0.15, 0.2) is 41.2 Å². The zero-order valence-corrected chi connectivity index (χ0v) is 13.0. The number of aromatic amines is 1. The molecule has 0 bridgehead atoms. The summed E-state index contributed by atoms with van der Waals surface area (Å²) < 4.78 is 23.4. The van der Waals surface area contributed by atoms with Crippen LogP contribution in [0.2, 0.25) is 5.02 Å². The van der Waals surface area contributed by atoms with Gasteiger partial charge in [0.25, 0.3) is 5.91 Å². The first-order chi connectivity index (χ1) is 11.6. The molecule has 9 heteroatoms. The van der Waals surface area contributed by atoms with E-state index in [2.05, 4.69) is 20.4 Å². The highest BCUT2D eigenvalue weighted by Gasteiger charge is 2.13. The van der Waals surface area contributed by atoms with E-state index in [-0.39, 0.29) is 23.9 Å². The lowest BCUT2D eigenvalue weighted by molar-refractivity contribution is 0.0940. The minimum atomic E-state index is -0.456. The molecule has 0 atom stereocenters. The van der Waals surface area contributed by atoms with Crippen LogP contribution in [0.4, 0.5) is 4.39 Å². The molecule has 124 valence electrons. The van der Waals surface area contributed by atoms with Crippen LogP contribution in [0.5, 0.6) is 5.75 Å². The molecule has 3 aromatic rings.